The monoisotopic (exact) mass is 382 g/mol. The van der Waals surface area contributed by atoms with Crippen LogP contribution in [0.15, 0.2) is 24.5 Å². The van der Waals surface area contributed by atoms with Crippen LogP contribution in [-0.2, 0) is 12.8 Å². The minimum Gasteiger partial charge on any atom is -0.369 e. The van der Waals surface area contributed by atoms with E-state index in [9.17, 15) is 0 Å². The van der Waals surface area contributed by atoms with E-state index in [-0.39, 0.29) is 5.41 Å². The summed E-state index contributed by atoms with van der Waals surface area (Å²) in [6.07, 6.45) is 7.19. The first-order chi connectivity index (χ1) is 12.9. The molecule has 2 N–H and O–H groups in total. The highest BCUT2D eigenvalue weighted by Crippen LogP contribution is 2.40. The Labute approximate surface area is 164 Å². The van der Waals surface area contributed by atoms with Gasteiger partial charge < -0.3 is 10.2 Å². The summed E-state index contributed by atoms with van der Waals surface area (Å²) in [6.45, 7) is 6.61. The molecule has 142 valence electrons. The second-order valence-corrected chi connectivity index (χ2v) is 9.66. The van der Waals surface area contributed by atoms with Crippen molar-refractivity contribution in [3.8, 4) is 11.4 Å². The predicted octanol–water partition coefficient (Wildman–Crippen LogP) is 2.82. The molecule has 0 saturated carbocycles. The first-order valence-corrected chi connectivity index (χ1v) is 10.5. The normalized spacial score (nSPS) is 14.1. The average Bonchev–Trinajstić information content (AvgIpc) is 3.20. The van der Waals surface area contributed by atoms with Crippen LogP contribution in [0.3, 0.4) is 0 Å². The van der Waals surface area contributed by atoms with Crippen LogP contribution >= 0.6 is 11.3 Å². The molecule has 4 rings (SSSR count). The van der Waals surface area contributed by atoms with Gasteiger partial charge in [0.2, 0.25) is 0 Å². The molecule has 0 spiro atoms. The number of rotatable bonds is 6. The third-order valence-corrected chi connectivity index (χ3v) is 6.24. The summed E-state index contributed by atoms with van der Waals surface area (Å²) in [5, 5.41) is 4.92. The van der Waals surface area contributed by atoms with E-state index in [1.165, 1.54) is 33.6 Å². The first-order valence-electron chi connectivity index (χ1n) is 9.68. The minimum atomic E-state index is 0.184. The summed E-state index contributed by atoms with van der Waals surface area (Å²) < 4.78 is 0. The van der Waals surface area contributed by atoms with Gasteiger partial charge in [-0.15, -0.1) is 11.3 Å². The van der Waals surface area contributed by atoms with Crippen molar-refractivity contribution < 1.29 is 4.90 Å². The Morgan fingerprint density at radius 3 is 2.81 bits per heavy atom. The van der Waals surface area contributed by atoms with E-state index in [0.29, 0.717) is 0 Å². The van der Waals surface area contributed by atoms with Crippen LogP contribution in [0.4, 0.5) is 5.82 Å². The highest BCUT2D eigenvalue weighted by molar-refractivity contribution is 7.19. The topological polar surface area (TPSA) is 55.1 Å². The lowest BCUT2D eigenvalue weighted by Gasteiger charge is -2.26. The van der Waals surface area contributed by atoms with E-state index in [4.69, 9.17) is 9.97 Å². The summed E-state index contributed by atoms with van der Waals surface area (Å²) >= 11 is 1.84. The number of pyridine rings is 1. The van der Waals surface area contributed by atoms with Gasteiger partial charge in [0.05, 0.1) is 26.0 Å². The number of aromatic nitrogens is 3. The lowest BCUT2D eigenvalue weighted by molar-refractivity contribution is -0.865. The van der Waals surface area contributed by atoms with Crippen LogP contribution in [0.5, 0.6) is 0 Å². The molecule has 3 heterocycles. The molecule has 0 aliphatic heterocycles. The maximum absolute atomic E-state index is 4.94. The van der Waals surface area contributed by atoms with Crippen LogP contribution in [0.25, 0.3) is 21.6 Å². The number of nitrogens with zero attached hydrogens (tertiary/aromatic N) is 3. The molecule has 6 heteroatoms. The van der Waals surface area contributed by atoms with Gasteiger partial charge in [-0.1, -0.05) is 13.8 Å². The van der Waals surface area contributed by atoms with Gasteiger partial charge in [0.1, 0.15) is 10.6 Å². The van der Waals surface area contributed by atoms with Crippen molar-refractivity contribution in [1.29, 1.82) is 0 Å². The van der Waals surface area contributed by atoms with E-state index >= 15 is 0 Å². The molecule has 1 aliphatic rings. The number of aryl methyl sites for hydroxylation is 2. The number of hydrogen-bond donors (Lipinski definition) is 2. The molecular weight excluding hydrogens is 354 g/mol. The van der Waals surface area contributed by atoms with Gasteiger partial charge in [-0.2, -0.15) is 0 Å². The molecule has 3 aromatic heterocycles. The fraction of sp³-hybridized carbons (Fsp3) is 0.476. The highest BCUT2D eigenvalue weighted by atomic mass is 32.1. The van der Waals surface area contributed by atoms with Gasteiger partial charge >= 0.3 is 0 Å². The Bertz CT molecular complexity index is 946. The Balaban J connectivity index is 1.75. The molecule has 0 amide bonds. The van der Waals surface area contributed by atoms with E-state index in [0.717, 1.165) is 41.5 Å². The molecule has 0 bridgehead atoms. The third-order valence-electron chi connectivity index (χ3n) is 5.05. The molecule has 0 fully saturated rings. The van der Waals surface area contributed by atoms with Crippen LogP contribution in [0.1, 0.15) is 30.7 Å². The first kappa shape index (κ1) is 18.3. The molecule has 0 unspecified atom stereocenters. The van der Waals surface area contributed by atoms with Crippen molar-refractivity contribution in [1.82, 2.24) is 15.0 Å². The molecule has 1 aliphatic carbocycles. The number of nitrogens with one attached hydrogen (secondary N) is 2. The largest absolute Gasteiger partial charge is 0.369 e. The number of quaternary nitrogens is 1. The predicted molar refractivity (Wildman–Crippen MR) is 113 cm³/mol. The number of anilines is 1. The molecule has 27 heavy (non-hydrogen) atoms. The maximum Gasteiger partial charge on any atom is 0.164 e. The average molecular weight is 383 g/mol. The molecular formula is C21H28N5S+. The van der Waals surface area contributed by atoms with Crippen molar-refractivity contribution in [3.05, 3.63) is 35.0 Å². The van der Waals surface area contributed by atoms with E-state index in [1.807, 2.05) is 29.7 Å². The molecule has 3 aromatic rings. The van der Waals surface area contributed by atoms with E-state index in [1.54, 1.807) is 6.20 Å². The quantitative estimate of drug-likeness (QED) is 0.688. The van der Waals surface area contributed by atoms with E-state index < -0.39 is 0 Å². The molecule has 0 radical (unpaired) electrons. The van der Waals surface area contributed by atoms with Crippen molar-refractivity contribution in [2.24, 2.45) is 5.41 Å². The lowest BCUT2D eigenvalue weighted by atomic mass is 9.93. The van der Waals surface area contributed by atoms with Crippen molar-refractivity contribution >= 4 is 27.4 Å². The molecule has 5 nitrogen and oxygen atoms in total. The molecule has 0 atom stereocenters. The zero-order valence-corrected chi connectivity index (χ0v) is 17.4. The van der Waals surface area contributed by atoms with Crippen LogP contribution < -0.4 is 10.2 Å². The van der Waals surface area contributed by atoms with Crippen LogP contribution in [0, 0.1) is 5.41 Å². The van der Waals surface area contributed by atoms with Gasteiger partial charge in [0.15, 0.2) is 5.82 Å². The fourth-order valence-corrected chi connectivity index (χ4v) is 5.35. The van der Waals surface area contributed by atoms with Crippen molar-refractivity contribution in [3.63, 3.8) is 0 Å². The highest BCUT2D eigenvalue weighted by Gasteiger charge is 2.25. The zero-order chi connectivity index (χ0) is 19.0. The van der Waals surface area contributed by atoms with Gasteiger partial charge in [-0.05, 0) is 37.0 Å². The van der Waals surface area contributed by atoms with Crippen molar-refractivity contribution in [2.45, 2.75) is 33.1 Å². The Morgan fingerprint density at radius 2 is 2.07 bits per heavy atom. The number of fused-ring (bicyclic) bond motifs is 3. The van der Waals surface area contributed by atoms with Crippen LogP contribution in [0.2, 0.25) is 0 Å². The zero-order valence-electron chi connectivity index (χ0n) is 16.6. The second kappa shape index (κ2) is 7.17. The standard InChI is InChI=1S/C21H27N5S/c1-21(2,13-26(3)4)12-23-19-17-15-8-5-9-16(15)27-20(17)25-18(24-19)14-7-6-10-22-11-14/h6-7,10-11H,5,8-9,12-13H2,1-4H3,(H,23,24,25)/p+1. The summed E-state index contributed by atoms with van der Waals surface area (Å²) in [6, 6.07) is 3.96. The smallest absolute Gasteiger partial charge is 0.164 e. The molecule has 0 aromatic carbocycles. The maximum atomic E-state index is 4.94. The third kappa shape index (κ3) is 3.82. The SMILES string of the molecule is C[NH+](C)CC(C)(C)CNc1nc(-c2cccnc2)nc2sc3c(c12)CCC3. The molecule has 0 saturated heterocycles. The van der Waals surface area contributed by atoms with Crippen LogP contribution in [-0.4, -0.2) is 42.1 Å². The Hall–Kier alpha value is -2.05. The Morgan fingerprint density at radius 1 is 1.22 bits per heavy atom. The minimum absolute atomic E-state index is 0.184. The number of hydrogen-bond acceptors (Lipinski definition) is 5. The van der Waals surface area contributed by atoms with Gasteiger partial charge in [-0.25, -0.2) is 9.97 Å². The van der Waals surface area contributed by atoms with Gasteiger partial charge in [-0.3, -0.25) is 4.98 Å². The second-order valence-electron chi connectivity index (χ2n) is 8.58. The summed E-state index contributed by atoms with van der Waals surface area (Å²) in [4.78, 5) is 18.1. The van der Waals surface area contributed by atoms with Gasteiger partial charge in [0.25, 0.3) is 0 Å². The summed E-state index contributed by atoms with van der Waals surface area (Å²) in [5.41, 5.74) is 2.61. The summed E-state index contributed by atoms with van der Waals surface area (Å²) in [5.74, 6) is 1.74. The summed E-state index contributed by atoms with van der Waals surface area (Å²) in [7, 11) is 4.41. The lowest BCUT2D eigenvalue weighted by Crippen LogP contribution is -3.07. The fourth-order valence-electron chi connectivity index (χ4n) is 4.09. The number of thiophene rings is 1. The van der Waals surface area contributed by atoms with Crippen molar-refractivity contribution in [2.75, 3.05) is 32.5 Å². The van der Waals surface area contributed by atoms with E-state index in [2.05, 4.69) is 38.2 Å². The Kier molecular flexibility index (Phi) is 4.86. The van der Waals surface area contributed by atoms with Gasteiger partial charge in [0, 0.05) is 34.8 Å².